The van der Waals surface area contributed by atoms with Crippen LogP contribution in [0.1, 0.15) is 13.3 Å². The summed E-state index contributed by atoms with van der Waals surface area (Å²) in [4.78, 5) is 33.2. The first-order valence-electron chi connectivity index (χ1n) is 9.87. The molecule has 1 N–H and O–H groups in total. The van der Waals surface area contributed by atoms with E-state index in [0.717, 1.165) is 21.2 Å². The third-order valence-corrected chi connectivity index (χ3v) is 6.42. The fourth-order valence-corrected chi connectivity index (χ4v) is 4.78. The van der Waals surface area contributed by atoms with E-state index in [1.165, 1.54) is 19.2 Å². The number of hydrogen-bond acceptors (Lipinski definition) is 6. The Morgan fingerprint density at radius 1 is 1.09 bits per heavy atom. The minimum absolute atomic E-state index is 0.116. The highest BCUT2D eigenvalue weighted by Crippen LogP contribution is 2.47. The molecule has 1 aliphatic rings. The highest BCUT2D eigenvalue weighted by atomic mass is 35.5. The SMILES string of the molecule is C[C@@H](OC(=O)CCN1c2ccccc2Sc2ccccc21)C(=O)Nc1ncc(Cl)cc1Cl. The van der Waals surface area contributed by atoms with Crippen molar-refractivity contribution in [3.63, 3.8) is 0 Å². The lowest BCUT2D eigenvalue weighted by molar-refractivity contribution is -0.152. The molecule has 0 unspecified atom stereocenters. The van der Waals surface area contributed by atoms with Gasteiger partial charge in [0.25, 0.3) is 5.91 Å². The summed E-state index contributed by atoms with van der Waals surface area (Å²) in [7, 11) is 0. The molecule has 2 aromatic carbocycles. The van der Waals surface area contributed by atoms with Crippen LogP contribution < -0.4 is 10.2 Å². The van der Waals surface area contributed by atoms with Crippen molar-refractivity contribution in [1.29, 1.82) is 0 Å². The number of fused-ring (bicyclic) bond motifs is 2. The van der Waals surface area contributed by atoms with Crippen LogP contribution in [0.5, 0.6) is 0 Å². The molecule has 0 saturated heterocycles. The number of amides is 1. The first-order chi connectivity index (χ1) is 15.4. The molecule has 32 heavy (non-hydrogen) atoms. The van der Waals surface area contributed by atoms with Gasteiger partial charge < -0.3 is 15.0 Å². The molecule has 9 heteroatoms. The van der Waals surface area contributed by atoms with Crippen molar-refractivity contribution in [2.45, 2.75) is 29.2 Å². The third kappa shape index (κ3) is 5.01. The monoisotopic (exact) mass is 487 g/mol. The first-order valence-corrected chi connectivity index (χ1v) is 11.4. The van der Waals surface area contributed by atoms with E-state index in [2.05, 4.69) is 27.3 Å². The molecule has 1 aromatic heterocycles. The lowest BCUT2D eigenvalue weighted by Crippen LogP contribution is -2.32. The first kappa shape index (κ1) is 22.5. The molecule has 2 heterocycles. The second-order valence-electron chi connectivity index (χ2n) is 7.04. The number of halogens is 2. The molecule has 4 rings (SSSR count). The zero-order valence-corrected chi connectivity index (χ0v) is 19.4. The molecule has 0 bridgehead atoms. The third-order valence-electron chi connectivity index (χ3n) is 4.80. The molecule has 6 nitrogen and oxygen atoms in total. The molecule has 0 aliphatic carbocycles. The van der Waals surface area contributed by atoms with Crippen molar-refractivity contribution in [3.05, 3.63) is 70.8 Å². The van der Waals surface area contributed by atoms with Gasteiger partial charge in [0, 0.05) is 22.5 Å². The van der Waals surface area contributed by atoms with Gasteiger partial charge in [0.2, 0.25) is 0 Å². The van der Waals surface area contributed by atoms with Gasteiger partial charge >= 0.3 is 5.97 Å². The summed E-state index contributed by atoms with van der Waals surface area (Å²) in [6.45, 7) is 1.92. The smallest absolute Gasteiger partial charge is 0.308 e. The summed E-state index contributed by atoms with van der Waals surface area (Å²) in [6.07, 6.45) is 0.476. The number of carbonyl (C=O) groups is 2. The summed E-state index contributed by atoms with van der Waals surface area (Å²) in [5, 5.41) is 3.10. The van der Waals surface area contributed by atoms with Crippen LogP contribution in [0.15, 0.2) is 70.6 Å². The van der Waals surface area contributed by atoms with Crippen molar-refractivity contribution in [3.8, 4) is 0 Å². The van der Waals surface area contributed by atoms with Crippen LogP contribution in [0.2, 0.25) is 10.0 Å². The van der Waals surface area contributed by atoms with E-state index >= 15 is 0 Å². The second kappa shape index (κ2) is 9.81. The number of nitrogens with zero attached hydrogens (tertiary/aromatic N) is 2. The Kier molecular flexibility index (Phi) is 6.89. The number of benzene rings is 2. The predicted octanol–water partition coefficient (Wildman–Crippen LogP) is 5.95. The number of nitrogens with one attached hydrogen (secondary N) is 1. The molecule has 0 spiro atoms. The average molecular weight is 488 g/mol. The summed E-state index contributed by atoms with van der Waals surface area (Å²) in [5.74, 6) is -0.848. The van der Waals surface area contributed by atoms with Gasteiger partial charge in [0.1, 0.15) is 0 Å². The summed E-state index contributed by atoms with van der Waals surface area (Å²) in [5.41, 5.74) is 2.08. The summed E-state index contributed by atoms with van der Waals surface area (Å²) < 4.78 is 5.34. The van der Waals surface area contributed by atoms with Gasteiger partial charge in [0.15, 0.2) is 11.9 Å². The molecule has 3 aromatic rings. The van der Waals surface area contributed by atoms with E-state index in [1.807, 2.05) is 36.4 Å². The van der Waals surface area contributed by atoms with Crippen molar-refractivity contribution in [2.24, 2.45) is 0 Å². The second-order valence-corrected chi connectivity index (χ2v) is 8.97. The number of para-hydroxylation sites is 2. The maximum Gasteiger partial charge on any atom is 0.308 e. The van der Waals surface area contributed by atoms with Crippen molar-refractivity contribution in [1.82, 2.24) is 4.98 Å². The van der Waals surface area contributed by atoms with Gasteiger partial charge in [-0.25, -0.2) is 4.98 Å². The maximum absolute atomic E-state index is 12.5. The van der Waals surface area contributed by atoms with Crippen LogP contribution in [0, 0.1) is 0 Å². The van der Waals surface area contributed by atoms with Crippen LogP contribution in [-0.2, 0) is 14.3 Å². The van der Waals surface area contributed by atoms with Crippen molar-refractivity contribution >= 4 is 64.0 Å². The number of anilines is 3. The predicted molar refractivity (Wildman–Crippen MR) is 127 cm³/mol. The van der Waals surface area contributed by atoms with E-state index in [0.29, 0.717) is 11.6 Å². The van der Waals surface area contributed by atoms with Crippen LogP contribution in [0.4, 0.5) is 17.2 Å². The van der Waals surface area contributed by atoms with Gasteiger partial charge in [-0.1, -0.05) is 59.2 Å². The normalized spacial score (nSPS) is 13.0. The lowest BCUT2D eigenvalue weighted by Gasteiger charge is -2.32. The van der Waals surface area contributed by atoms with Gasteiger partial charge in [0.05, 0.1) is 27.8 Å². The maximum atomic E-state index is 12.5. The molecule has 0 radical (unpaired) electrons. The number of esters is 1. The number of pyridine rings is 1. The highest BCUT2D eigenvalue weighted by Gasteiger charge is 2.25. The number of carbonyl (C=O) groups excluding carboxylic acids is 2. The molecular formula is C23H19Cl2N3O3S. The quantitative estimate of drug-likeness (QED) is 0.433. The Balaban J connectivity index is 1.38. The van der Waals surface area contributed by atoms with E-state index in [9.17, 15) is 9.59 Å². The number of rotatable bonds is 6. The number of hydrogen-bond donors (Lipinski definition) is 1. The van der Waals surface area contributed by atoms with E-state index < -0.39 is 18.0 Å². The Hall–Kier alpha value is -2.74. The topological polar surface area (TPSA) is 71.5 Å². The average Bonchev–Trinajstić information content (AvgIpc) is 2.78. The fraction of sp³-hybridized carbons (Fsp3) is 0.174. The van der Waals surface area contributed by atoms with Crippen molar-refractivity contribution in [2.75, 3.05) is 16.8 Å². The van der Waals surface area contributed by atoms with Gasteiger partial charge in [-0.05, 0) is 37.3 Å². The van der Waals surface area contributed by atoms with Gasteiger partial charge in [-0.15, -0.1) is 0 Å². The van der Waals surface area contributed by atoms with Crippen LogP contribution in [0.3, 0.4) is 0 Å². The van der Waals surface area contributed by atoms with Gasteiger partial charge in [-0.2, -0.15) is 0 Å². The standard InChI is InChI=1S/C23H19Cl2N3O3S/c1-14(23(30)27-22-16(25)12-15(24)13-26-22)31-21(29)10-11-28-17-6-2-4-8-19(17)32-20-9-5-3-7-18(20)28/h2-9,12-14H,10-11H2,1H3,(H,26,27,30)/t14-/m1/s1. The summed E-state index contributed by atoms with van der Waals surface area (Å²) >= 11 is 13.5. The minimum Gasteiger partial charge on any atom is -0.452 e. The van der Waals surface area contributed by atoms with E-state index in [-0.39, 0.29) is 17.3 Å². The Bertz CT molecular complexity index is 1130. The molecule has 1 aliphatic heterocycles. The molecule has 1 atom stereocenters. The van der Waals surface area contributed by atoms with E-state index in [1.54, 1.807) is 11.8 Å². The Labute approximate surface area is 199 Å². The minimum atomic E-state index is -1.01. The molecule has 0 saturated carbocycles. The van der Waals surface area contributed by atoms with Crippen LogP contribution >= 0.6 is 35.0 Å². The largest absolute Gasteiger partial charge is 0.452 e. The summed E-state index contributed by atoms with van der Waals surface area (Å²) in [6, 6.07) is 17.6. The lowest BCUT2D eigenvalue weighted by atomic mass is 10.2. The molecule has 0 fully saturated rings. The molecule has 164 valence electrons. The fourth-order valence-electron chi connectivity index (χ4n) is 3.26. The molecular weight excluding hydrogens is 469 g/mol. The zero-order valence-electron chi connectivity index (χ0n) is 17.0. The van der Waals surface area contributed by atoms with E-state index in [4.69, 9.17) is 27.9 Å². The highest BCUT2D eigenvalue weighted by molar-refractivity contribution is 7.99. The number of aromatic nitrogens is 1. The van der Waals surface area contributed by atoms with Gasteiger partial charge in [-0.3, -0.25) is 9.59 Å². The Morgan fingerprint density at radius 3 is 2.34 bits per heavy atom. The zero-order chi connectivity index (χ0) is 22.7. The molecule has 1 amide bonds. The number of ether oxygens (including phenoxy) is 1. The van der Waals surface area contributed by atoms with Crippen LogP contribution in [0.25, 0.3) is 0 Å². The van der Waals surface area contributed by atoms with Crippen LogP contribution in [-0.4, -0.2) is 29.5 Å². The Morgan fingerprint density at radius 2 is 1.72 bits per heavy atom. The van der Waals surface area contributed by atoms with Crippen molar-refractivity contribution < 1.29 is 14.3 Å².